The number of aromatic amines is 1. The van der Waals surface area contributed by atoms with Crippen molar-refractivity contribution in [2.24, 2.45) is 0 Å². The van der Waals surface area contributed by atoms with E-state index < -0.39 is 11.7 Å². The predicted molar refractivity (Wildman–Crippen MR) is 97.3 cm³/mol. The van der Waals surface area contributed by atoms with E-state index in [1.54, 1.807) is 43.6 Å². The van der Waals surface area contributed by atoms with Gasteiger partial charge >= 0.3 is 6.18 Å². The molecule has 0 radical (unpaired) electrons. The first-order chi connectivity index (χ1) is 12.8. The van der Waals surface area contributed by atoms with Crippen molar-refractivity contribution < 1.29 is 13.2 Å². The Morgan fingerprint density at radius 2 is 1.89 bits per heavy atom. The Morgan fingerprint density at radius 1 is 1.07 bits per heavy atom. The fourth-order valence-corrected chi connectivity index (χ4v) is 3.08. The third-order valence-electron chi connectivity index (χ3n) is 4.14. The van der Waals surface area contributed by atoms with Crippen LogP contribution in [0.4, 0.5) is 13.2 Å². The van der Waals surface area contributed by atoms with E-state index in [1.165, 1.54) is 0 Å². The van der Waals surface area contributed by atoms with Crippen LogP contribution in [0.2, 0.25) is 5.02 Å². The highest BCUT2D eigenvalue weighted by Crippen LogP contribution is 2.33. The van der Waals surface area contributed by atoms with Crippen molar-refractivity contribution >= 4 is 22.6 Å². The molecule has 0 spiro atoms. The number of halogens is 4. The van der Waals surface area contributed by atoms with Crippen LogP contribution in [0.5, 0.6) is 0 Å². The Morgan fingerprint density at radius 3 is 2.56 bits per heavy atom. The van der Waals surface area contributed by atoms with Crippen molar-refractivity contribution in [3.8, 4) is 22.8 Å². The lowest BCUT2D eigenvalue weighted by Crippen LogP contribution is -2.05. The summed E-state index contributed by atoms with van der Waals surface area (Å²) >= 11 is 6.14. The van der Waals surface area contributed by atoms with Gasteiger partial charge < -0.3 is 4.98 Å². The molecule has 0 aliphatic rings. The minimum atomic E-state index is -4.41. The van der Waals surface area contributed by atoms with Crippen LogP contribution in [0.1, 0.15) is 11.1 Å². The van der Waals surface area contributed by atoms with E-state index >= 15 is 0 Å². The first-order valence-corrected chi connectivity index (χ1v) is 8.35. The zero-order valence-electron chi connectivity index (χ0n) is 14.0. The Bertz CT molecular complexity index is 1130. The molecule has 0 bridgehead atoms. The van der Waals surface area contributed by atoms with Crippen LogP contribution in [-0.2, 0) is 6.18 Å². The summed E-state index contributed by atoms with van der Waals surface area (Å²) in [6.07, 6.45) is -1.17. The van der Waals surface area contributed by atoms with Gasteiger partial charge in [-0.3, -0.25) is 9.97 Å². The summed E-state index contributed by atoms with van der Waals surface area (Å²) in [6.45, 7) is 1.60. The average Bonchev–Trinajstić information content (AvgIpc) is 3.06. The second-order valence-electron chi connectivity index (χ2n) is 6.04. The van der Waals surface area contributed by atoms with Gasteiger partial charge in [0.25, 0.3) is 0 Å². The van der Waals surface area contributed by atoms with Crippen LogP contribution in [0, 0.1) is 6.92 Å². The second-order valence-corrected chi connectivity index (χ2v) is 6.45. The van der Waals surface area contributed by atoms with Crippen molar-refractivity contribution in [3.05, 3.63) is 64.9 Å². The number of rotatable bonds is 2. The van der Waals surface area contributed by atoms with Gasteiger partial charge in [0.05, 0.1) is 27.3 Å². The number of hydrogen-bond donors (Lipinski definition) is 1. The molecule has 27 heavy (non-hydrogen) atoms. The lowest BCUT2D eigenvalue weighted by molar-refractivity contribution is -0.137. The van der Waals surface area contributed by atoms with Gasteiger partial charge in [-0.25, -0.2) is 4.98 Å². The topological polar surface area (TPSA) is 54.5 Å². The first kappa shape index (κ1) is 17.5. The quantitative estimate of drug-likeness (QED) is 0.481. The van der Waals surface area contributed by atoms with Crippen LogP contribution in [0.15, 0.2) is 48.8 Å². The molecule has 1 aromatic carbocycles. The molecule has 3 aromatic heterocycles. The van der Waals surface area contributed by atoms with E-state index in [0.29, 0.717) is 38.8 Å². The Labute approximate surface area is 157 Å². The number of hydrogen-bond acceptors (Lipinski definition) is 3. The number of aryl methyl sites for hydroxylation is 1. The largest absolute Gasteiger partial charge is 0.416 e. The number of fused-ring (bicyclic) bond motifs is 1. The van der Waals surface area contributed by atoms with Gasteiger partial charge in [-0.1, -0.05) is 11.6 Å². The van der Waals surface area contributed by atoms with Gasteiger partial charge in [-0.15, -0.1) is 0 Å². The van der Waals surface area contributed by atoms with Crippen LogP contribution in [0.3, 0.4) is 0 Å². The number of nitrogens with one attached hydrogen (secondary N) is 1. The number of pyridine rings is 2. The molecule has 0 aliphatic heterocycles. The molecule has 0 atom stereocenters. The first-order valence-electron chi connectivity index (χ1n) is 7.98. The van der Waals surface area contributed by atoms with E-state index in [2.05, 4.69) is 19.9 Å². The number of benzene rings is 1. The molecule has 0 unspecified atom stereocenters. The van der Waals surface area contributed by atoms with E-state index in [9.17, 15) is 13.2 Å². The highest BCUT2D eigenvalue weighted by atomic mass is 35.5. The van der Waals surface area contributed by atoms with Crippen molar-refractivity contribution in [1.82, 2.24) is 19.9 Å². The number of imidazole rings is 1. The maximum absolute atomic E-state index is 13.0. The smallest absolute Gasteiger partial charge is 0.337 e. The number of nitrogens with zero attached hydrogens (tertiary/aromatic N) is 3. The lowest BCUT2D eigenvalue weighted by Gasteiger charge is -2.07. The van der Waals surface area contributed by atoms with Crippen LogP contribution in [-0.4, -0.2) is 19.9 Å². The van der Waals surface area contributed by atoms with E-state index in [0.717, 1.165) is 17.7 Å². The van der Waals surface area contributed by atoms with Gasteiger partial charge in [-0.2, -0.15) is 13.2 Å². The zero-order valence-corrected chi connectivity index (χ0v) is 14.7. The van der Waals surface area contributed by atoms with Crippen molar-refractivity contribution in [2.45, 2.75) is 13.1 Å². The maximum Gasteiger partial charge on any atom is 0.416 e. The highest BCUT2D eigenvalue weighted by Gasteiger charge is 2.31. The molecular formula is C19H12ClF3N4. The Balaban J connectivity index is 1.74. The fraction of sp³-hybridized carbons (Fsp3) is 0.105. The molecule has 4 nitrogen and oxygen atoms in total. The van der Waals surface area contributed by atoms with Crippen LogP contribution >= 0.6 is 11.6 Å². The molecule has 0 saturated heterocycles. The maximum atomic E-state index is 13.0. The van der Waals surface area contributed by atoms with E-state index in [-0.39, 0.29) is 0 Å². The SMILES string of the molecule is Cc1cc(C(F)(F)F)cc2[nH]c(-c3ccc(-c4ncccc4Cl)cn3)nc12. The summed E-state index contributed by atoms with van der Waals surface area (Å²) in [5.74, 6) is 0.395. The summed E-state index contributed by atoms with van der Waals surface area (Å²) < 4.78 is 39.0. The minimum Gasteiger partial charge on any atom is -0.337 e. The van der Waals surface area contributed by atoms with E-state index in [1.807, 2.05) is 0 Å². The van der Waals surface area contributed by atoms with Gasteiger partial charge in [0.2, 0.25) is 0 Å². The highest BCUT2D eigenvalue weighted by molar-refractivity contribution is 6.33. The minimum absolute atomic E-state index is 0.316. The van der Waals surface area contributed by atoms with Crippen molar-refractivity contribution in [3.63, 3.8) is 0 Å². The molecule has 8 heteroatoms. The lowest BCUT2D eigenvalue weighted by atomic mass is 10.1. The van der Waals surface area contributed by atoms with Gasteiger partial charge in [0.15, 0.2) is 5.82 Å². The molecule has 0 aliphatic carbocycles. The Hall–Kier alpha value is -2.93. The van der Waals surface area contributed by atoms with Crippen LogP contribution in [0.25, 0.3) is 33.8 Å². The summed E-state index contributed by atoms with van der Waals surface area (Å²) in [5, 5.41) is 0.506. The summed E-state index contributed by atoms with van der Waals surface area (Å²) in [7, 11) is 0. The summed E-state index contributed by atoms with van der Waals surface area (Å²) in [5.41, 5.74) is 2.38. The molecule has 1 N–H and O–H groups in total. The molecule has 0 saturated carbocycles. The third kappa shape index (κ3) is 3.26. The average molecular weight is 389 g/mol. The van der Waals surface area contributed by atoms with Gasteiger partial charge in [0.1, 0.15) is 5.69 Å². The molecule has 4 aromatic rings. The standard InChI is InChI=1S/C19H12ClF3N4/c1-10-7-12(19(21,22)23)8-15-16(10)27-18(26-15)14-5-4-11(9-25-14)17-13(20)3-2-6-24-17/h2-9H,1H3,(H,26,27). The summed E-state index contributed by atoms with van der Waals surface area (Å²) in [4.78, 5) is 15.9. The van der Waals surface area contributed by atoms with Gasteiger partial charge in [-0.05, 0) is 48.9 Å². The Kier molecular flexibility index (Phi) is 4.11. The number of aromatic nitrogens is 4. The normalized spacial score (nSPS) is 11.9. The monoisotopic (exact) mass is 388 g/mol. The molecule has 136 valence electrons. The molecule has 0 fully saturated rings. The van der Waals surface area contributed by atoms with Crippen LogP contribution < -0.4 is 0 Å². The zero-order chi connectivity index (χ0) is 19.2. The molecule has 0 amide bonds. The van der Waals surface area contributed by atoms with Gasteiger partial charge in [0, 0.05) is 18.0 Å². The second kappa shape index (κ2) is 6.35. The predicted octanol–water partition coefficient (Wildman–Crippen LogP) is 5.67. The fourth-order valence-electron chi connectivity index (χ4n) is 2.85. The molecule has 3 heterocycles. The molecule has 4 rings (SSSR count). The molecular weight excluding hydrogens is 377 g/mol. The van der Waals surface area contributed by atoms with Crippen molar-refractivity contribution in [2.75, 3.05) is 0 Å². The van der Waals surface area contributed by atoms with Crippen molar-refractivity contribution in [1.29, 1.82) is 0 Å². The third-order valence-corrected chi connectivity index (χ3v) is 4.45. The number of H-pyrrole nitrogens is 1. The number of alkyl halides is 3. The summed E-state index contributed by atoms with van der Waals surface area (Å²) in [6, 6.07) is 9.13. The van der Waals surface area contributed by atoms with E-state index in [4.69, 9.17) is 11.6 Å².